The van der Waals surface area contributed by atoms with Crippen LogP contribution in [0.5, 0.6) is 0 Å². The number of ether oxygens (including phenoxy) is 2. The molecule has 1 aromatic heterocycles. The van der Waals surface area contributed by atoms with Gasteiger partial charge >= 0.3 is 17.1 Å². The van der Waals surface area contributed by atoms with E-state index in [4.69, 9.17) is 9.47 Å². The fraction of sp³-hybridized carbons (Fsp3) is 0.800. The molecule has 1 saturated carbocycles. The summed E-state index contributed by atoms with van der Waals surface area (Å²) in [5, 5.41) is 0. The van der Waals surface area contributed by atoms with E-state index in [1.807, 2.05) is 0 Å². The van der Waals surface area contributed by atoms with Gasteiger partial charge in [0.25, 0.3) is 0 Å². The number of rotatable bonds is 5. The second kappa shape index (κ2) is 5.76. The Morgan fingerprint density at radius 3 is 1.70 bits per heavy atom. The average Bonchev–Trinajstić information content (AvgIpc) is 3.45. The van der Waals surface area contributed by atoms with Crippen molar-refractivity contribution in [1.29, 1.82) is 0 Å². The van der Waals surface area contributed by atoms with Gasteiger partial charge in [-0.1, -0.05) is 19.3 Å². The zero-order valence-electron chi connectivity index (χ0n) is 13.0. The van der Waals surface area contributed by atoms with E-state index in [0.717, 1.165) is 41.2 Å². The fourth-order valence-corrected chi connectivity index (χ4v) is 3.37. The van der Waals surface area contributed by atoms with Gasteiger partial charge in [-0.3, -0.25) is 0 Å². The summed E-state index contributed by atoms with van der Waals surface area (Å²) < 4.78 is 13.9. The van der Waals surface area contributed by atoms with Crippen LogP contribution in [0.3, 0.4) is 0 Å². The summed E-state index contributed by atoms with van der Waals surface area (Å²) >= 11 is 0. The van der Waals surface area contributed by atoms with Gasteiger partial charge in [-0.15, -0.1) is 0 Å². The van der Waals surface area contributed by atoms with Crippen LogP contribution in [-0.2, 0) is 22.6 Å². The van der Waals surface area contributed by atoms with Crippen molar-refractivity contribution in [2.75, 3.05) is 13.2 Å². The Hall–Kier alpha value is -1.67. The minimum absolute atomic E-state index is 0.0941. The molecule has 2 unspecified atom stereocenters. The molecule has 126 valence electrons. The van der Waals surface area contributed by atoms with Gasteiger partial charge in [0, 0.05) is 6.04 Å². The van der Waals surface area contributed by atoms with Crippen LogP contribution >= 0.6 is 0 Å². The quantitative estimate of drug-likeness (QED) is 0.680. The first-order valence-electron chi connectivity index (χ1n) is 8.34. The Morgan fingerprint density at radius 2 is 1.26 bits per heavy atom. The molecule has 8 heteroatoms. The van der Waals surface area contributed by atoms with Crippen molar-refractivity contribution in [3.63, 3.8) is 0 Å². The number of aromatic nitrogens is 3. The molecule has 23 heavy (non-hydrogen) atoms. The van der Waals surface area contributed by atoms with E-state index in [9.17, 15) is 14.4 Å². The van der Waals surface area contributed by atoms with E-state index in [1.165, 1.54) is 4.57 Å². The number of hydrogen-bond donors (Lipinski definition) is 0. The molecule has 3 aliphatic rings. The lowest BCUT2D eigenvalue weighted by Crippen LogP contribution is -2.56. The summed E-state index contributed by atoms with van der Waals surface area (Å²) in [6.07, 6.45) is 4.58. The largest absolute Gasteiger partial charge is 0.371 e. The van der Waals surface area contributed by atoms with Gasteiger partial charge in [0.2, 0.25) is 0 Å². The minimum Gasteiger partial charge on any atom is -0.371 e. The van der Waals surface area contributed by atoms with Crippen LogP contribution in [0.2, 0.25) is 0 Å². The van der Waals surface area contributed by atoms with E-state index < -0.39 is 17.1 Å². The zero-order valence-corrected chi connectivity index (χ0v) is 13.0. The van der Waals surface area contributed by atoms with Gasteiger partial charge in [0.15, 0.2) is 0 Å². The molecule has 8 nitrogen and oxygen atoms in total. The summed E-state index contributed by atoms with van der Waals surface area (Å²) in [6.45, 7) is 1.55. The molecule has 0 N–H and O–H groups in total. The van der Waals surface area contributed by atoms with E-state index in [0.29, 0.717) is 13.2 Å². The molecule has 0 radical (unpaired) electrons. The summed E-state index contributed by atoms with van der Waals surface area (Å²) in [5.74, 6) is 0. The summed E-state index contributed by atoms with van der Waals surface area (Å²) in [4.78, 5) is 38.1. The molecule has 0 spiro atoms. The Balaban J connectivity index is 1.83. The maximum absolute atomic E-state index is 12.8. The standard InChI is InChI=1S/C15H21N3O5/c19-13-16(6-11-8-22-11)14(20)18(10-4-2-1-3-5-10)15(21)17(13)7-12-9-23-12/h10-12H,1-9H2. The average molecular weight is 323 g/mol. The second-order valence-corrected chi connectivity index (χ2v) is 6.64. The predicted octanol–water partition coefficient (Wildman–Crippen LogP) is -0.525. The van der Waals surface area contributed by atoms with Crippen molar-refractivity contribution >= 4 is 0 Å². The van der Waals surface area contributed by atoms with Crippen molar-refractivity contribution in [2.45, 2.75) is 63.4 Å². The Kier molecular flexibility index (Phi) is 3.73. The van der Waals surface area contributed by atoms with Crippen LogP contribution in [0.4, 0.5) is 0 Å². The highest BCUT2D eigenvalue weighted by Crippen LogP contribution is 2.25. The van der Waals surface area contributed by atoms with Crippen LogP contribution in [-0.4, -0.2) is 39.1 Å². The first-order chi connectivity index (χ1) is 11.1. The molecule has 0 aromatic carbocycles. The second-order valence-electron chi connectivity index (χ2n) is 6.64. The van der Waals surface area contributed by atoms with E-state index in [-0.39, 0.29) is 31.3 Å². The molecule has 2 atom stereocenters. The molecule has 3 heterocycles. The van der Waals surface area contributed by atoms with Gasteiger partial charge in [0.1, 0.15) is 0 Å². The Morgan fingerprint density at radius 1 is 0.783 bits per heavy atom. The third-order valence-corrected chi connectivity index (χ3v) is 4.85. The molecule has 1 aliphatic carbocycles. The molecule has 2 saturated heterocycles. The number of nitrogens with zero attached hydrogens (tertiary/aromatic N) is 3. The molecular formula is C15H21N3O5. The lowest BCUT2D eigenvalue weighted by molar-refractivity contribution is 0.292. The number of epoxide rings is 2. The third kappa shape index (κ3) is 2.92. The predicted molar refractivity (Wildman–Crippen MR) is 80.8 cm³/mol. The van der Waals surface area contributed by atoms with E-state index in [1.54, 1.807) is 0 Å². The van der Waals surface area contributed by atoms with Crippen LogP contribution in [0.15, 0.2) is 14.4 Å². The number of hydrogen-bond acceptors (Lipinski definition) is 5. The zero-order chi connectivity index (χ0) is 16.0. The van der Waals surface area contributed by atoms with E-state index in [2.05, 4.69) is 0 Å². The molecule has 4 rings (SSSR count). The highest BCUT2D eigenvalue weighted by molar-refractivity contribution is 4.88. The topological polar surface area (TPSA) is 91.1 Å². The lowest BCUT2D eigenvalue weighted by atomic mass is 9.95. The Labute approximate surface area is 132 Å². The molecule has 2 aliphatic heterocycles. The summed E-state index contributed by atoms with van der Waals surface area (Å²) in [7, 11) is 0. The van der Waals surface area contributed by atoms with Gasteiger partial charge in [-0.25, -0.2) is 28.1 Å². The smallest absolute Gasteiger partial charge is 0.336 e. The van der Waals surface area contributed by atoms with Crippen molar-refractivity contribution < 1.29 is 9.47 Å². The van der Waals surface area contributed by atoms with Gasteiger partial charge in [-0.2, -0.15) is 0 Å². The minimum atomic E-state index is -0.543. The van der Waals surface area contributed by atoms with Gasteiger partial charge in [0.05, 0.1) is 38.5 Å². The summed E-state index contributed by atoms with van der Waals surface area (Å²) in [5.41, 5.74) is -1.52. The molecule has 3 fully saturated rings. The maximum atomic E-state index is 12.8. The third-order valence-electron chi connectivity index (χ3n) is 4.85. The highest BCUT2D eigenvalue weighted by atomic mass is 16.6. The van der Waals surface area contributed by atoms with Crippen molar-refractivity contribution in [3.05, 3.63) is 31.5 Å². The Bertz CT molecular complexity index is 711. The van der Waals surface area contributed by atoms with Crippen molar-refractivity contribution in [2.24, 2.45) is 0 Å². The van der Waals surface area contributed by atoms with Crippen LogP contribution in [0.1, 0.15) is 38.1 Å². The SMILES string of the molecule is O=c1n(CC2CO2)c(=O)n(C2CCCCC2)c(=O)n1CC1CO1. The summed E-state index contributed by atoms with van der Waals surface area (Å²) in [6, 6.07) is -0.109. The first kappa shape index (κ1) is 14.9. The van der Waals surface area contributed by atoms with Crippen molar-refractivity contribution in [1.82, 2.24) is 13.7 Å². The molecular weight excluding hydrogens is 302 g/mol. The van der Waals surface area contributed by atoms with Crippen LogP contribution < -0.4 is 17.1 Å². The van der Waals surface area contributed by atoms with Crippen LogP contribution in [0.25, 0.3) is 0 Å². The molecule has 0 bridgehead atoms. The van der Waals surface area contributed by atoms with Gasteiger partial charge in [-0.05, 0) is 12.8 Å². The van der Waals surface area contributed by atoms with Crippen LogP contribution in [0, 0.1) is 0 Å². The molecule has 1 aromatic rings. The normalized spacial score (nSPS) is 27.1. The monoisotopic (exact) mass is 323 g/mol. The maximum Gasteiger partial charge on any atom is 0.336 e. The molecule has 0 amide bonds. The lowest BCUT2D eigenvalue weighted by Gasteiger charge is -2.24. The first-order valence-corrected chi connectivity index (χ1v) is 8.34. The van der Waals surface area contributed by atoms with Gasteiger partial charge < -0.3 is 9.47 Å². The fourth-order valence-electron chi connectivity index (χ4n) is 3.37. The van der Waals surface area contributed by atoms with E-state index >= 15 is 0 Å². The van der Waals surface area contributed by atoms with Crippen molar-refractivity contribution in [3.8, 4) is 0 Å². The highest BCUT2D eigenvalue weighted by Gasteiger charge is 2.31.